The number of aliphatic hydroxyl groups is 1. The van der Waals surface area contributed by atoms with Gasteiger partial charge in [0.25, 0.3) is 0 Å². The van der Waals surface area contributed by atoms with Crippen LogP contribution in [0.5, 0.6) is 0 Å². The molecule has 0 fully saturated rings. The van der Waals surface area contributed by atoms with E-state index >= 15 is 0 Å². The van der Waals surface area contributed by atoms with Crippen LogP contribution in [-0.4, -0.2) is 24.4 Å². The lowest BCUT2D eigenvalue weighted by molar-refractivity contribution is 0.131. The molecular formula is C13H19NO3. The highest BCUT2D eigenvalue weighted by molar-refractivity contribution is 5.84. The van der Waals surface area contributed by atoms with Gasteiger partial charge in [0.1, 0.15) is 6.61 Å². The molecular weight excluding hydrogens is 218 g/mol. The van der Waals surface area contributed by atoms with Crippen molar-refractivity contribution in [2.75, 3.05) is 18.5 Å². The Morgan fingerprint density at radius 2 is 1.88 bits per heavy atom. The lowest BCUT2D eigenvalue weighted by Gasteiger charge is -2.19. The molecule has 0 spiro atoms. The predicted octanol–water partition coefficient (Wildman–Crippen LogP) is 2.52. The predicted molar refractivity (Wildman–Crippen MR) is 67.2 cm³/mol. The minimum Gasteiger partial charge on any atom is -0.447 e. The summed E-state index contributed by atoms with van der Waals surface area (Å²) in [7, 11) is 0. The molecule has 0 bridgehead atoms. The number of ether oxygens (including phenoxy) is 1. The minimum atomic E-state index is -0.553. The number of amides is 1. The summed E-state index contributed by atoms with van der Waals surface area (Å²) in [6.07, 6.45) is -0.553. The van der Waals surface area contributed by atoms with Gasteiger partial charge in [-0.3, -0.25) is 5.32 Å². The van der Waals surface area contributed by atoms with E-state index in [1.165, 1.54) is 5.56 Å². The second-order valence-corrected chi connectivity index (χ2v) is 4.81. The first-order valence-electron chi connectivity index (χ1n) is 5.58. The molecule has 1 rings (SSSR count). The van der Waals surface area contributed by atoms with Gasteiger partial charge in [0, 0.05) is 5.69 Å². The topological polar surface area (TPSA) is 58.6 Å². The summed E-state index contributed by atoms with van der Waals surface area (Å²) in [6, 6.07) is 7.62. The smallest absolute Gasteiger partial charge is 0.411 e. The molecule has 0 aromatic heterocycles. The number of carbonyl (C=O) groups is 1. The lowest BCUT2D eigenvalue weighted by atomic mass is 9.87. The number of aliphatic hydroxyl groups excluding tert-OH is 1. The SMILES string of the molecule is CC(C)(C)c1ccc(NC(=O)OCCO)cc1. The number of carbonyl (C=O) groups excluding carboxylic acids is 1. The van der Waals surface area contributed by atoms with Gasteiger partial charge in [0.05, 0.1) is 6.61 Å². The van der Waals surface area contributed by atoms with Gasteiger partial charge < -0.3 is 9.84 Å². The molecule has 4 nitrogen and oxygen atoms in total. The van der Waals surface area contributed by atoms with Crippen LogP contribution < -0.4 is 5.32 Å². The number of hydrogen-bond acceptors (Lipinski definition) is 3. The Hall–Kier alpha value is -1.55. The van der Waals surface area contributed by atoms with Crippen molar-refractivity contribution in [2.24, 2.45) is 0 Å². The Kier molecular flexibility index (Phi) is 4.52. The molecule has 4 heteroatoms. The first-order valence-corrected chi connectivity index (χ1v) is 5.58. The van der Waals surface area contributed by atoms with E-state index in [9.17, 15) is 4.79 Å². The Labute approximate surface area is 102 Å². The highest BCUT2D eigenvalue weighted by Crippen LogP contribution is 2.23. The highest BCUT2D eigenvalue weighted by atomic mass is 16.6. The first-order chi connectivity index (χ1) is 7.93. The number of nitrogens with one attached hydrogen (secondary N) is 1. The molecule has 0 heterocycles. The largest absolute Gasteiger partial charge is 0.447 e. The van der Waals surface area contributed by atoms with Crippen molar-refractivity contribution in [1.29, 1.82) is 0 Å². The normalized spacial score (nSPS) is 11.1. The molecule has 1 aromatic carbocycles. The average Bonchev–Trinajstić information content (AvgIpc) is 2.26. The van der Waals surface area contributed by atoms with E-state index in [0.29, 0.717) is 5.69 Å². The van der Waals surface area contributed by atoms with E-state index in [1.54, 1.807) is 0 Å². The molecule has 0 radical (unpaired) electrons. The zero-order valence-corrected chi connectivity index (χ0v) is 10.5. The molecule has 2 N–H and O–H groups in total. The van der Waals surface area contributed by atoms with E-state index in [0.717, 1.165) is 0 Å². The third kappa shape index (κ3) is 4.44. The Balaban J connectivity index is 2.60. The number of hydrogen-bond donors (Lipinski definition) is 2. The molecule has 0 unspecified atom stereocenters. The van der Waals surface area contributed by atoms with Gasteiger partial charge in [0.15, 0.2) is 0 Å². The lowest BCUT2D eigenvalue weighted by Crippen LogP contribution is -2.16. The van der Waals surface area contributed by atoms with Crippen LogP contribution in [-0.2, 0) is 10.2 Å². The number of anilines is 1. The summed E-state index contributed by atoms with van der Waals surface area (Å²) in [6.45, 7) is 6.23. The number of rotatable bonds is 3. The van der Waals surface area contributed by atoms with Gasteiger partial charge in [-0.25, -0.2) is 4.79 Å². The second-order valence-electron chi connectivity index (χ2n) is 4.81. The number of benzene rings is 1. The van der Waals surface area contributed by atoms with Crippen molar-refractivity contribution in [3.8, 4) is 0 Å². The Morgan fingerprint density at radius 1 is 1.29 bits per heavy atom. The van der Waals surface area contributed by atoms with Crippen LogP contribution in [0.4, 0.5) is 10.5 Å². The first kappa shape index (κ1) is 13.5. The van der Waals surface area contributed by atoms with Gasteiger partial charge in [-0.05, 0) is 23.1 Å². The summed E-state index contributed by atoms with van der Waals surface area (Å²) in [4.78, 5) is 11.2. The molecule has 0 aliphatic heterocycles. The van der Waals surface area contributed by atoms with Gasteiger partial charge in [0.2, 0.25) is 0 Å². The fourth-order valence-electron chi connectivity index (χ4n) is 1.35. The summed E-state index contributed by atoms with van der Waals surface area (Å²) >= 11 is 0. The summed E-state index contributed by atoms with van der Waals surface area (Å²) in [5.41, 5.74) is 1.98. The van der Waals surface area contributed by atoms with Crippen LogP contribution in [0.15, 0.2) is 24.3 Å². The van der Waals surface area contributed by atoms with Crippen molar-refractivity contribution >= 4 is 11.8 Å². The summed E-state index contributed by atoms with van der Waals surface area (Å²) in [5.74, 6) is 0. The van der Waals surface area contributed by atoms with Crippen molar-refractivity contribution in [3.05, 3.63) is 29.8 Å². The Morgan fingerprint density at radius 3 is 2.35 bits per heavy atom. The zero-order valence-electron chi connectivity index (χ0n) is 10.5. The van der Waals surface area contributed by atoms with Crippen LogP contribution in [0.2, 0.25) is 0 Å². The van der Waals surface area contributed by atoms with Crippen molar-refractivity contribution in [1.82, 2.24) is 0 Å². The fraction of sp³-hybridized carbons (Fsp3) is 0.462. The van der Waals surface area contributed by atoms with E-state index in [4.69, 9.17) is 9.84 Å². The molecule has 94 valence electrons. The third-order valence-corrected chi connectivity index (χ3v) is 2.32. The second kappa shape index (κ2) is 5.68. The van der Waals surface area contributed by atoms with Crippen molar-refractivity contribution in [3.63, 3.8) is 0 Å². The standard InChI is InChI=1S/C13H19NO3/c1-13(2,3)10-4-6-11(7-5-10)14-12(16)17-9-8-15/h4-7,15H,8-9H2,1-3H3,(H,14,16). The maximum atomic E-state index is 11.2. The van der Waals surface area contributed by atoms with Crippen LogP contribution in [0.25, 0.3) is 0 Å². The maximum Gasteiger partial charge on any atom is 0.411 e. The molecule has 0 aliphatic rings. The van der Waals surface area contributed by atoms with E-state index in [2.05, 4.69) is 26.1 Å². The van der Waals surface area contributed by atoms with Crippen LogP contribution in [0.1, 0.15) is 26.3 Å². The summed E-state index contributed by atoms with van der Waals surface area (Å²) in [5, 5.41) is 11.1. The van der Waals surface area contributed by atoms with E-state index in [-0.39, 0.29) is 18.6 Å². The third-order valence-electron chi connectivity index (χ3n) is 2.32. The quantitative estimate of drug-likeness (QED) is 0.849. The van der Waals surface area contributed by atoms with Crippen molar-refractivity contribution < 1.29 is 14.6 Å². The molecule has 0 saturated carbocycles. The average molecular weight is 237 g/mol. The van der Waals surface area contributed by atoms with Crippen LogP contribution in [0.3, 0.4) is 0 Å². The molecule has 1 amide bonds. The van der Waals surface area contributed by atoms with Gasteiger partial charge in [-0.2, -0.15) is 0 Å². The fourth-order valence-corrected chi connectivity index (χ4v) is 1.35. The Bertz CT molecular complexity index is 365. The van der Waals surface area contributed by atoms with Gasteiger partial charge in [-0.1, -0.05) is 32.9 Å². The zero-order chi connectivity index (χ0) is 12.9. The van der Waals surface area contributed by atoms with Gasteiger partial charge in [-0.15, -0.1) is 0 Å². The maximum absolute atomic E-state index is 11.2. The van der Waals surface area contributed by atoms with Crippen LogP contribution >= 0.6 is 0 Å². The molecule has 1 aromatic rings. The summed E-state index contributed by atoms with van der Waals surface area (Å²) < 4.78 is 4.69. The minimum absolute atomic E-state index is 0.00586. The molecule has 0 atom stereocenters. The molecule has 17 heavy (non-hydrogen) atoms. The van der Waals surface area contributed by atoms with Crippen molar-refractivity contribution in [2.45, 2.75) is 26.2 Å². The molecule has 0 saturated heterocycles. The molecule has 0 aliphatic carbocycles. The highest BCUT2D eigenvalue weighted by Gasteiger charge is 2.13. The van der Waals surface area contributed by atoms with E-state index in [1.807, 2.05) is 24.3 Å². The van der Waals surface area contributed by atoms with Crippen LogP contribution in [0, 0.1) is 0 Å². The van der Waals surface area contributed by atoms with E-state index < -0.39 is 6.09 Å². The monoisotopic (exact) mass is 237 g/mol. The van der Waals surface area contributed by atoms with Gasteiger partial charge >= 0.3 is 6.09 Å².